The molecule has 0 saturated heterocycles. The minimum Gasteiger partial charge on any atom is -0.480 e. The van der Waals surface area contributed by atoms with E-state index in [2.05, 4.69) is 5.32 Å². The Balaban J connectivity index is 2.60. The topological polar surface area (TPSA) is 72.9 Å². The quantitative estimate of drug-likeness (QED) is 0.715. The van der Waals surface area contributed by atoms with Crippen LogP contribution in [0.5, 0.6) is 0 Å². The Hall–Kier alpha value is -1.92. The van der Waals surface area contributed by atoms with Gasteiger partial charge in [0.25, 0.3) is 0 Å². The summed E-state index contributed by atoms with van der Waals surface area (Å²) in [5, 5.41) is 11.8. The van der Waals surface area contributed by atoms with Gasteiger partial charge in [-0.05, 0) is 33.5 Å². The molecule has 0 aliphatic rings. The van der Waals surface area contributed by atoms with Gasteiger partial charge in [-0.1, -0.05) is 30.3 Å². The zero-order valence-corrected chi connectivity index (χ0v) is 14.3. The van der Waals surface area contributed by atoms with Crippen molar-refractivity contribution in [2.24, 2.45) is 0 Å². The number of nitrogens with one attached hydrogen (secondary N) is 1. The van der Waals surface area contributed by atoms with E-state index in [0.717, 1.165) is 5.56 Å². The van der Waals surface area contributed by atoms with Crippen LogP contribution in [0.2, 0.25) is 0 Å². The number of carbonyl (C=O) groups is 2. The molecule has 23 heavy (non-hydrogen) atoms. The third-order valence-electron chi connectivity index (χ3n) is 3.72. The minimum atomic E-state index is -0.929. The van der Waals surface area contributed by atoms with Gasteiger partial charge in [0, 0.05) is 12.6 Å². The molecule has 1 unspecified atom stereocenters. The Labute approximate surface area is 138 Å². The van der Waals surface area contributed by atoms with E-state index in [-0.39, 0.29) is 31.1 Å². The first-order valence-corrected chi connectivity index (χ1v) is 7.75. The molecule has 1 amide bonds. The number of hydrogen-bond acceptors (Lipinski definition) is 4. The van der Waals surface area contributed by atoms with E-state index in [4.69, 9.17) is 5.11 Å². The number of hydrogen-bond donors (Lipinski definition) is 2. The predicted octanol–water partition coefficient (Wildman–Crippen LogP) is 1.20. The van der Waals surface area contributed by atoms with Gasteiger partial charge in [-0.15, -0.1) is 0 Å². The maximum atomic E-state index is 12.1. The zero-order valence-electron chi connectivity index (χ0n) is 14.3. The number of aliphatic carboxylic acids is 1. The molecule has 0 aromatic heterocycles. The molecule has 0 spiro atoms. The van der Waals surface area contributed by atoms with Gasteiger partial charge in [0.1, 0.15) is 0 Å². The Kier molecular flexibility index (Phi) is 7.71. The van der Waals surface area contributed by atoms with Crippen molar-refractivity contribution in [3.05, 3.63) is 35.9 Å². The molecule has 0 aliphatic heterocycles. The summed E-state index contributed by atoms with van der Waals surface area (Å²) in [6.45, 7) is 4.18. The molecule has 2 N–H and O–H groups in total. The molecule has 1 aromatic carbocycles. The number of carbonyl (C=O) groups excluding carboxylic acids is 1. The number of carboxylic acid groups (broad SMARTS) is 1. The van der Waals surface area contributed by atoms with Crippen molar-refractivity contribution < 1.29 is 14.7 Å². The molecule has 1 aromatic rings. The number of amides is 1. The number of benzene rings is 1. The van der Waals surface area contributed by atoms with E-state index in [0.29, 0.717) is 6.54 Å². The average Bonchev–Trinajstić information content (AvgIpc) is 2.47. The van der Waals surface area contributed by atoms with Gasteiger partial charge < -0.3 is 15.3 Å². The molecule has 1 rings (SSSR count). The normalized spacial score (nSPS) is 12.7. The third-order valence-corrected chi connectivity index (χ3v) is 3.72. The van der Waals surface area contributed by atoms with Gasteiger partial charge in [-0.3, -0.25) is 14.5 Å². The molecule has 0 radical (unpaired) electrons. The van der Waals surface area contributed by atoms with Crippen molar-refractivity contribution in [1.82, 2.24) is 15.1 Å². The van der Waals surface area contributed by atoms with Crippen LogP contribution in [-0.2, 0) is 9.59 Å². The van der Waals surface area contributed by atoms with Gasteiger partial charge in [-0.25, -0.2) is 0 Å². The molecular formula is C17H27N3O3. The standard InChI is InChI=1S/C17H27N3O3/c1-13(2)20(12-17(22)23)11-16(21)18-10-15(19(3)4)14-8-6-5-7-9-14/h5-9,13,15H,10-12H2,1-4H3,(H,18,21)(H,22,23). The summed E-state index contributed by atoms with van der Waals surface area (Å²) in [5.74, 6) is -1.09. The fourth-order valence-corrected chi connectivity index (χ4v) is 2.32. The lowest BCUT2D eigenvalue weighted by Gasteiger charge is -2.27. The van der Waals surface area contributed by atoms with Gasteiger partial charge in [-0.2, -0.15) is 0 Å². The Bertz CT molecular complexity index is 503. The molecule has 128 valence electrons. The maximum Gasteiger partial charge on any atom is 0.317 e. The highest BCUT2D eigenvalue weighted by atomic mass is 16.4. The summed E-state index contributed by atoms with van der Waals surface area (Å²) in [5.41, 5.74) is 1.13. The van der Waals surface area contributed by atoms with Crippen molar-refractivity contribution in [2.45, 2.75) is 25.9 Å². The second-order valence-electron chi connectivity index (χ2n) is 6.09. The first-order chi connectivity index (χ1) is 10.8. The molecule has 0 heterocycles. The number of rotatable bonds is 9. The SMILES string of the molecule is CC(C)N(CC(=O)O)CC(=O)NCC(c1ccccc1)N(C)C. The molecule has 0 saturated carbocycles. The number of nitrogens with zero attached hydrogens (tertiary/aromatic N) is 2. The van der Waals surface area contributed by atoms with Crippen LogP contribution in [0.3, 0.4) is 0 Å². The summed E-state index contributed by atoms with van der Waals surface area (Å²) >= 11 is 0. The summed E-state index contributed by atoms with van der Waals surface area (Å²) in [6.07, 6.45) is 0. The lowest BCUT2D eigenvalue weighted by molar-refractivity contribution is -0.139. The highest BCUT2D eigenvalue weighted by Crippen LogP contribution is 2.16. The fourth-order valence-electron chi connectivity index (χ4n) is 2.32. The second-order valence-corrected chi connectivity index (χ2v) is 6.09. The molecular weight excluding hydrogens is 294 g/mol. The Morgan fingerprint density at radius 1 is 1.13 bits per heavy atom. The van der Waals surface area contributed by atoms with E-state index in [1.165, 1.54) is 0 Å². The maximum absolute atomic E-state index is 12.1. The number of likely N-dealkylation sites (N-methyl/N-ethyl adjacent to an activating group) is 1. The lowest BCUT2D eigenvalue weighted by atomic mass is 10.1. The summed E-state index contributed by atoms with van der Waals surface area (Å²) in [4.78, 5) is 26.7. The second kappa shape index (κ2) is 9.27. The van der Waals surface area contributed by atoms with E-state index in [1.807, 2.05) is 63.2 Å². The van der Waals surface area contributed by atoms with Crippen LogP contribution in [0.4, 0.5) is 0 Å². The van der Waals surface area contributed by atoms with E-state index < -0.39 is 5.97 Å². The van der Waals surface area contributed by atoms with Crippen molar-refractivity contribution >= 4 is 11.9 Å². The molecule has 6 nitrogen and oxygen atoms in total. The van der Waals surface area contributed by atoms with Crippen molar-refractivity contribution in [2.75, 3.05) is 33.7 Å². The number of carboxylic acids is 1. The first-order valence-electron chi connectivity index (χ1n) is 7.75. The summed E-state index contributed by atoms with van der Waals surface area (Å²) < 4.78 is 0. The van der Waals surface area contributed by atoms with Crippen LogP contribution in [0, 0.1) is 0 Å². The minimum absolute atomic E-state index is 0.00406. The summed E-state index contributed by atoms with van der Waals surface area (Å²) in [6, 6.07) is 10.0. The Morgan fingerprint density at radius 2 is 1.74 bits per heavy atom. The predicted molar refractivity (Wildman–Crippen MR) is 90.2 cm³/mol. The summed E-state index contributed by atoms with van der Waals surface area (Å²) in [7, 11) is 3.93. The molecule has 0 aliphatic carbocycles. The third kappa shape index (κ3) is 6.80. The zero-order chi connectivity index (χ0) is 17.4. The van der Waals surface area contributed by atoms with E-state index in [1.54, 1.807) is 4.90 Å². The van der Waals surface area contributed by atoms with Crippen LogP contribution in [0.1, 0.15) is 25.5 Å². The van der Waals surface area contributed by atoms with Gasteiger partial charge >= 0.3 is 5.97 Å². The molecule has 0 bridgehead atoms. The van der Waals surface area contributed by atoms with Crippen LogP contribution in [-0.4, -0.2) is 66.6 Å². The highest BCUT2D eigenvalue weighted by molar-refractivity contribution is 5.79. The van der Waals surface area contributed by atoms with E-state index in [9.17, 15) is 9.59 Å². The van der Waals surface area contributed by atoms with Crippen LogP contribution in [0.25, 0.3) is 0 Å². The van der Waals surface area contributed by atoms with Gasteiger partial charge in [0.05, 0.1) is 19.1 Å². The largest absolute Gasteiger partial charge is 0.480 e. The first kappa shape index (κ1) is 19.1. The Morgan fingerprint density at radius 3 is 2.22 bits per heavy atom. The molecule has 6 heteroatoms. The van der Waals surface area contributed by atoms with Crippen LogP contribution >= 0.6 is 0 Å². The molecule has 1 atom stereocenters. The van der Waals surface area contributed by atoms with E-state index >= 15 is 0 Å². The smallest absolute Gasteiger partial charge is 0.317 e. The van der Waals surface area contributed by atoms with Crippen molar-refractivity contribution in [3.8, 4) is 0 Å². The molecule has 0 fully saturated rings. The average molecular weight is 321 g/mol. The van der Waals surface area contributed by atoms with Crippen molar-refractivity contribution in [3.63, 3.8) is 0 Å². The highest BCUT2D eigenvalue weighted by Gasteiger charge is 2.19. The van der Waals surface area contributed by atoms with Gasteiger partial charge in [0.2, 0.25) is 5.91 Å². The fraction of sp³-hybridized carbons (Fsp3) is 0.529. The monoisotopic (exact) mass is 321 g/mol. The van der Waals surface area contributed by atoms with Crippen molar-refractivity contribution in [1.29, 1.82) is 0 Å². The van der Waals surface area contributed by atoms with Gasteiger partial charge in [0.15, 0.2) is 0 Å². The lowest BCUT2D eigenvalue weighted by Crippen LogP contribution is -2.44. The van der Waals surface area contributed by atoms with Crippen LogP contribution in [0.15, 0.2) is 30.3 Å². The van der Waals surface area contributed by atoms with Crippen LogP contribution < -0.4 is 5.32 Å².